The van der Waals surface area contributed by atoms with Crippen LogP contribution in [0.3, 0.4) is 0 Å². The molecule has 1 N–H and O–H groups in total. The second kappa shape index (κ2) is 7.25. The average Bonchev–Trinajstić information content (AvgIpc) is 2.59. The predicted molar refractivity (Wildman–Crippen MR) is 90.7 cm³/mol. The van der Waals surface area contributed by atoms with Gasteiger partial charge in [0.25, 0.3) is 5.91 Å². The van der Waals surface area contributed by atoms with Crippen molar-refractivity contribution in [1.29, 1.82) is 0 Å². The average molecular weight is 327 g/mol. The molecule has 0 unspecified atom stereocenters. The molecule has 1 aliphatic heterocycles. The zero-order chi connectivity index (χ0) is 16.9. The Kier molecular flexibility index (Phi) is 4.89. The molecule has 126 valence electrons. The van der Waals surface area contributed by atoms with E-state index < -0.39 is 0 Å². The number of rotatable bonds is 5. The zero-order valence-electron chi connectivity index (χ0n) is 13.9. The molecule has 2 aromatic carbocycles. The van der Waals surface area contributed by atoms with Gasteiger partial charge in [0.2, 0.25) is 0 Å². The van der Waals surface area contributed by atoms with E-state index in [1.54, 1.807) is 0 Å². The van der Waals surface area contributed by atoms with E-state index in [1.165, 1.54) is 0 Å². The normalized spacial score (nSPS) is 12.6. The van der Waals surface area contributed by atoms with Crippen LogP contribution >= 0.6 is 0 Å². The number of benzene rings is 2. The van der Waals surface area contributed by atoms with Crippen LogP contribution in [-0.4, -0.2) is 25.7 Å². The Balaban J connectivity index is 1.52. The minimum Gasteiger partial charge on any atom is -0.486 e. The van der Waals surface area contributed by atoms with Crippen LogP contribution in [0.4, 0.5) is 0 Å². The molecule has 0 radical (unpaired) electrons. The Morgan fingerprint density at radius 1 is 1.08 bits per heavy atom. The van der Waals surface area contributed by atoms with E-state index in [9.17, 15) is 4.79 Å². The first-order valence-corrected chi connectivity index (χ1v) is 7.98. The predicted octanol–water partition coefficient (Wildman–Crippen LogP) is 2.77. The highest BCUT2D eigenvalue weighted by molar-refractivity contribution is 5.77. The highest BCUT2D eigenvalue weighted by atomic mass is 16.6. The molecular formula is C19H21NO4. The van der Waals surface area contributed by atoms with E-state index in [0.29, 0.717) is 19.8 Å². The zero-order valence-corrected chi connectivity index (χ0v) is 13.9. The largest absolute Gasteiger partial charge is 0.486 e. The molecule has 5 nitrogen and oxygen atoms in total. The van der Waals surface area contributed by atoms with Gasteiger partial charge >= 0.3 is 0 Å². The van der Waals surface area contributed by atoms with E-state index in [-0.39, 0.29) is 12.5 Å². The lowest BCUT2D eigenvalue weighted by Gasteiger charge is -2.19. The number of hydrogen-bond acceptors (Lipinski definition) is 4. The van der Waals surface area contributed by atoms with Gasteiger partial charge in [0, 0.05) is 6.54 Å². The van der Waals surface area contributed by atoms with E-state index in [2.05, 4.69) is 5.32 Å². The third kappa shape index (κ3) is 3.79. The van der Waals surface area contributed by atoms with E-state index in [1.807, 2.05) is 50.2 Å². The Morgan fingerprint density at radius 2 is 1.79 bits per heavy atom. The lowest BCUT2D eigenvalue weighted by molar-refractivity contribution is -0.123. The lowest BCUT2D eigenvalue weighted by Crippen LogP contribution is -2.28. The summed E-state index contributed by atoms with van der Waals surface area (Å²) in [6, 6.07) is 11.6. The molecule has 0 spiro atoms. The van der Waals surface area contributed by atoms with Crippen molar-refractivity contribution < 1.29 is 19.0 Å². The van der Waals surface area contributed by atoms with E-state index >= 15 is 0 Å². The van der Waals surface area contributed by atoms with Crippen molar-refractivity contribution in [1.82, 2.24) is 5.32 Å². The molecule has 3 rings (SSSR count). The number of hydrogen-bond donors (Lipinski definition) is 1. The molecule has 5 heteroatoms. The number of nitrogens with one attached hydrogen (secondary N) is 1. The number of aryl methyl sites for hydroxylation is 2. The number of para-hydroxylation sites is 1. The van der Waals surface area contributed by atoms with Gasteiger partial charge in [-0.1, -0.05) is 24.3 Å². The smallest absolute Gasteiger partial charge is 0.258 e. The highest BCUT2D eigenvalue weighted by Crippen LogP contribution is 2.30. The fraction of sp³-hybridized carbons (Fsp3) is 0.316. The Hall–Kier alpha value is -2.69. The van der Waals surface area contributed by atoms with Gasteiger partial charge in [0.05, 0.1) is 0 Å². The first-order valence-electron chi connectivity index (χ1n) is 7.98. The standard InChI is InChI=1S/C19H21NO4/c1-13-4-3-5-14(2)19(13)24-12-18(21)20-11-15-6-7-16-17(10-15)23-9-8-22-16/h3-7,10H,8-9,11-12H2,1-2H3,(H,20,21). The van der Waals surface area contributed by atoms with Crippen molar-refractivity contribution in [3.8, 4) is 17.2 Å². The monoisotopic (exact) mass is 327 g/mol. The van der Waals surface area contributed by atoms with Crippen LogP contribution in [0.2, 0.25) is 0 Å². The quantitative estimate of drug-likeness (QED) is 0.917. The van der Waals surface area contributed by atoms with Crippen LogP contribution in [-0.2, 0) is 11.3 Å². The molecule has 0 saturated carbocycles. The molecule has 0 bridgehead atoms. The van der Waals surface area contributed by atoms with Gasteiger partial charge in [-0.2, -0.15) is 0 Å². The van der Waals surface area contributed by atoms with Gasteiger partial charge in [-0.25, -0.2) is 0 Å². The van der Waals surface area contributed by atoms with Crippen molar-refractivity contribution in [3.63, 3.8) is 0 Å². The van der Waals surface area contributed by atoms with Gasteiger partial charge in [-0.3, -0.25) is 4.79 Å². The molecule has 0 fully saturated rings. The Morgan fingerprint density at radius 3 is 2.54 bits per heavy atom. The first kappa shape index (κ1) is 16.2. The maximum absolute atomic E-state index is 12.0. The molecular weight excluding hydrogens is 306 g/mol. The Labute approximate surface area is 141 Å². The second-order valence-electron chi connectivity index (χ2n) is 5.76. The Bertz CT molecular complexity index is 722. The molecule has 2 aromatic rings. The number of ether oxygens (including phenoxy) is 3. The van der Waals surface area contributed by atoms with Crippen molar-refractivity contribution >= 4 is 5.91 Å². The maximum atomic E-state index is 12.0. The molecule has 0 aromatic heterocycles. The summed E-state index contributed by atoms with van der Waals surface area (Å²) < 4.78 is 16.7. The lowest BCUT2D eigenvalue weighted by atomic mass is 10.1. The van der Waals surface area contributed by atoms with Gasteiger partial charge in [-0.05, 0) is 42.7 Å². The summed E-state index contributed by atoms with van der Waals surface area (Å²) in [6.07, 6.45) is 0. The molecule has 24 heavy (non-hydrogen) atoms. The summed E-state index contributed by atoms with van der Waals surface area (Å²) in [5.41, 5.74) is 3.00. The van der Waals surface area contributed by atoms with Crippen LogP contribution < -0.4 is 19.5 Å². The molecule has 0 aliphatic carbocycles. The minimum absolute atomic E-state index is 0.00373. The van der Waals surface area contributed by atoms with Crippen LogP contribution in [0.1, 0.15) is 16.7 Å². The summed E-state index contributed by atoms with van der Waals surface area (Å²) in [7, 11) is 0. The van der Waals surface area contributed by atoms with Gasteiger partial charge in [0.1, 0.15) is 19.0 Å². The third-order valence-electron chi connectivity index (χ3n) is 3.85. The molecule has 0 saturated heterocycles. The summed E-state index contributed by atoms with van der Waals surface area (Å²) in [4.78, 5) is 12.0. The number of carbonyl (C=O) groups excluding carboxylic acids is 1. The SMILES string of the molecule is Cc1cccc(C)c1OCC(=O)NCc1ccc2c(c1)OCCO2. The summed E-state index contributed by atoms with van der Waals surface area (Å²) in [6.45, 7) is 5.47. The van der Waals surface area contributed by atoms with Crippen molar-refractivity contribution in [2.24, 2.45) is 0 Å². The second-order valence-corrected chi connectivity index (χ2v) is 5.76. The fourth-order valence-electron chi connectivity index (χ4n) is 2.61. The molecule has 1 amide bonds. The van der Waals surface area contributed by atoms with Crippen molar-refractivity contribution in [2.45, 2.75) is 20.4 Å². The van der Waals surface area contributed by atoms with Gasteiger partial charge < -0.3 is 19.5 Å². The molecule has 1 heterocycles. The van der Waals surface area contributed by atoms with E-state index in [4.69, 9.17) is 14.2 Å². The minimum atomic E-state index is -0.160. The summed E-state index contributed by atoms with van der Waals surface area (Å²) in [5.74, 6) is 2.08. The van der Waals surface area contributed by atoms with Crippen LogP contribution in [0.25, 0.3) is 0 Å². The fourth-order valence-corrected chi connectivity index (χ4v) is 2.61. The van der Waals surface area contributed by atoms with Crippen molar-refractivity contribution in [3.05, 3.63) is 53.1 Å². The van der Waals surface area contributed by atoms with Crippen molar-refractivity contribution in [2.75, 3.05) is 19.8 Å². The van der Waals surface area contributed by atoms with Gasteiger partial charge in [-0.15, -0.1) is 0 Å². The van der Waals surface area contributed by atoms with E-state index in [0.717, 1.165) is 33.9 Å². The highest BCUT2D eigenvalue weighted by Gasteiger charge is 2.12. The van der Waals surface area contributed by atoms with Gasteiger partial charge in [0.15, 0.2) is 18.1 Å². The first-order chi connectivity index (χ1) is 11.6. The third-order valence-corrected chi connectivity index (χ3v) is 3.85. The maximum Gasteiger partial charge on any atom is 0.258 e. The van der Waals surface area contributed by atoms with Crippen LogP contribution in [0.15, 0.2) is 36.4 Å². The number of carbonyl (C=O) groups is 1. The number of fused-ring (bicyclic) bond motifs is 1. The molecule has 0 atom stereocenters. The molecule has 1 aliphatic rings. The van der Waals surface area contributed by atoms with Crippen LogP contribution in [0, 0.1) is 13.8 Å². The summed E-state index contributed by atoms with van der Waals surface area (Å²) >= 11 is 0. The summed E-state index contributed by atoms with van der Waals surface area (Å²) in [5, 5.41) is 2.85. The van der Waals surface area contributed by atoms with Crippen LogP contribution in [0.5, 0.6) is 17.2 Å². The number of amides is 1. The topological polar surface area (TPSA) is 56.8 Å².